The van der Waals surface area contributed by atoms with Gasteiger partial charge in [-0.1, -0.05) is 29.2 Å². The Bertz CT molecular complexity index is 403. The first-order valence-electron chi connectivity index (χ1n) is 4.72. The Morgan fingerprint density at radius 3 is 2.73 bits per heavy atom. The molecule has 80 valence electrons. The van der Waals surface area contributed by atoms with E-state index in [4.69, 9.17) is 4.74 Å². The molecule has 0 unspecified atom stereocenters. The van der Waals surface area contributed by atoms with E-state index in [0.29, 0.717) is 0 Å². The third kappa shape index (κ3) is 3.26. The highest BCUT2D eigenvalue weighted by molar-refractivity contribution is 8.02. The first kappa shape index (κ1) is 11.0. The minimum Gasteiger partial charge on any atom is -0.481 e. The molecule has 0 amide bonds. The predicted octanol–water partition coefficient (Wildman–Crippen LogP) is 4.75. The van der Waals surface area contributed by atoms with E-state index in [9.17, 15) is 0 Å². The van der Waals surface area contributed by atoms with Gasteiger partial charge in [0.05, 0.1) is 14.5 Å². The first-order valence-corrected chi connectivity index (χ1v) is 7.23. The summed E-state index contributed by atoms with van der Waals surface area (Å²) in [5.74, 6) is 0. The van der Waals surface area contributed by atoms with E-state index in [1.54, 1.807) is 34.4 Å². The minimum atomic E-state index is 0.253. The zero-order valence-electron chi connectivity index (χ0n) is 8.60. The van der Waals surface area contributed by atoms with Crippen molar-refractivity contribution in [3.8, 4) is 5.06 Å². The van der Waals surface area contributed by atoms with Crippen LogP contribution in [0.5, 0.6) is 5.06 Å². The Morgan fingerprint density at radius 1 is 1.20 bits per heavy atom. The van der Waals surface area contributed by atoms with Crippen LogP contribution >= 0.6 is 34.4 Å². The number of thiophene rings is 2. The fourth-order valence-corrected chi connectivity index (χ4v) is 4.18. The highest BCUT2D eigenvalue weighted by Crippen LogP contribution is 2.38. The van der Waals surface area contributed by atoms with Crippen LogP contribution in [-0.2, 0) is 0 Å². The van der Waals surface area contributed by atoms with Crippen molar-refractivity contribution >= 4 is 34.4 Å². The molecule has 2 rings (SSSR count). The van der Waals surface area contributed by atoms with Gasteiger partial charge in [0.15, 0.2) is 5.06 Å². The van der Waals surface area contributed by atoms with Crippen molar-refractivity contribution in [2.24, 2.45) is 0 Å². The molecule has 0 saturated carbocycles. The topological polar surface area (TPSA) is 9.23 Å². The summed E-state index contributed by atoms with van der Waals surface area (Å²) in [6.07, 6.45) is 0.253. The van der Waals surface area contributed by atoms with Crippen LogP contribution in [0.3, 0.4) is 0 Å². The standard InChI is InChI=1S/C11H12OS3/c1-8(2)12-9-5-6-11(14-9)15-10-4-3-7-13-10/h3-8H,1-2H3. The molecule has 0 atom stereocenters. The van der Waals surface area contributed by atoms with Gasteiger partial charge in [0.1, 0.15) is 0 Å². The fourth-order valence-electron chi connectivity index (χ4n) is 1.07. The fraction of sp³-hybridized carbons (Fsp3) is 0.273. The average molecular weight is 256 g/mol. The maximum Gasteiger partial charge on any atom is 0.175 e. The molecular formula is C11H12OS3. The van der Waals surface area contributed by atoms with Gasteiger partial charge in [0, 0.05) is 0 Å². The number of ether oxygens (including phenoxy) is 1. The van der Waals surface area contributed by atoms with Gasteiger partial charge in [-0.05, 0) is 37.4 Å². The molecule has 0 N–H and O–H groups in total. The van der Waals surface area contributed by atoms with Crippen LogP contribution in [0.2, 0.25) is 0 Å². The summed E-state index contributed by atoms with van der Waals surface area (Å²) in [4.78, 5) is 0. The van der Waals surface area contributed by atoms with E-state index in [0.717, 1.165) is 5.06 Å². The maximum atomic E-state index is 5.62. The van der Waals surface area contributed by atoms with Crippen LogP contribution in [0.4, 0.5) is 0 Å². The van der Waals surface area contributed by atoms with Gasteiger partial charge in [-0.25, -0.2) is 0 Å². The van der Waals surface area contributed by atoms with Crippen molar-refractivity contribution in [2.75, 3.05) is 0 Å². The molecule has 0 aliphatic rings. The molecule has 0 saturated heterocycles. The van der Waals surface area contributed by atoms with Crippen molar-refractivity contribution in [3.63, 3.8) is 0 Å². The normalized spacial score (nSPS) is 10.9. The quantitative estimate of drug-likeness (QED) is 0.781. The van der Waals surface area contributed by atoms with E-state index >= 15 is 0 Å². The molecule has 2 aromatic rings. The molecule has 2 aromatic heterocycles. The van der Waals surface area contributed by atoms with Crippen LogP contribution in [0.25, 0.3) is 0 Å². The summed E-state index contributed by atoms with van der Waals surface area (Å²) in [5, 5.41) is 3.10. The van der Waals surface area contributed by atoms with Crippen molar-refractivity contribution in [3.05, 3.63) is 29.6 Å². The Kier molecular flexibility index (Phi) is 3.72. The SMILES string of the molecule is CC(C)Oc1ccc(Sc2cccs2)s1. The molecular weight excluding hydrogens is 244 g/mol. The number of rotatable bonds is 4. The first-order chi connectivity index (χ1) is 7.24. The maximum absolute atomic E-state index is 5.62. The third-order valence-corrected chi connectivity index (χ3v) is 4.75. The highest BCUT2D eigenvalue weighted by Gasteiger charge is 2.04. The molecule has 0 radical (unpaired) electrons. The minimum absolute atomic E-state index is 0.253. The smallest absolute Gasteiger partial charge is 0.175 e. The number of hydrogen-bond acceptors (Lipinski definition) is 4. The van der Waals surface area contributed by atoms with E-state index in [2.05, 4.69) is 23.6 Å². The second-order valence-corrected chi connectivity index (χ2v) is 6.87. The average Bonchev–Trinajstić information content (AvgIpc) is 2.77. The summed E-state index contributed by atoms with van der Waals surface area (Å²) >= 11 is 5.28. The molecule has 0 aromatic carbocycles. The molecule has 0 aliphatic heterocycles. The van der Waals surface area contributed by atoms with Crippen molar-refractivity contribution < 1.29 is 4.74 Å². The lowest BCUT2D eigenvalue weighted by Crippen LogP contribution is -2.03. The molecule has 0 aliphatic carbocycles. The van der Waals surface area contributed by atoms with Crippen LogP contribution in [0.15, 0.2) is 38.1 Å². The lowest BCUT2D eigenvalue weighted by molar-refractivity contribution is 0.250. The van der Waals surface area contributed by atoms with E-state index in [1.807, 2.05) is 19.9 Å². The van der Waals surface area contributed by atoms with Crippen LogP contribution in [-0.4, -0.2) is 6.10 Å². The van der Waals surface area contributed by atoms with E-state index < -0.39 is 0 Å². The molecule has 1 nitrogen and oxygen atoms in total. The molecule has 2 heterocycles. The van der Waals surface area contributed by atoms with Crippen molar-refractivity contribution in [1.82, 2.24) is 0 Å². The molecule has 4 heteroatoms. The molecule has 0 spiro atoms. The second kappa shape index (κ2) is 5.05. The summed E-state index contributed by atoms with van der Waals surface area (Å²) in [5.41, 5.74) is 0. The summed E-state index contributed by atoms with van der Waals surface area (Å²) in [6.45, 7) is 4.09. The summed E-state index contributed by atoms with van der Waals surface area (Å²) in [6, 6.07) is 8.37. The van der Waals surface area contributed by atoms with E-state index in [-0.39, 0.29) is 6.10 Å². The van der Waals surface area contributed by atoms with Gasteiger partial charge < -0.3 is 4.74 Å². The summed E-state index contributed by atoms with van der Waals surface area (Å²) in [7, 11) is 0. The van der Waals surface area contributed by atoms with Crippen molar-refractivity contribution in [1.29, 1.82) is 0 Å². The monoisotopic (exact) mass is 256 g/mol. The zero-order chi connectivity index (χ0) is 10.7. The Hall–Kier alpha value is -0.450. The summed E-state index contributed by atoms with van der Waals surface area (Å²) < 4.78 is 8.23. The van der Waals surface area contributed by atoms with Gasteiger partial charge in [-0.15, -0.1) is 11.3 Å². The van der Waals surface area contributed by atoms with Gasteiger partial charge in [-0.3, -0.25) is 0 Å². The Morgan fingerprint density at radius 2 is 2.07 bits per heavy atom. The van der Waals surface area contributed by atoms with Gasteiger partial charge in [0.2, 0.25) is 0 Å². The Labute approximate surface area is 102 Å². The molecule has 0 fully saturated rings. The van der Waals surface area contributed by atoms with Crippen LogP contribution < -0.4 is 4.74 Å². The zero-order valence-corrected chi connectivity index (χ0v) is 11.0. The van der Waals surface area contributed by atoms with Gasteiger partial charge in [-0.2, -0.15) is 0 Å². The van der Waals surface area contributed by atoms with Crippen LogP contribution in [0.1, 0.15) is 13.8 Å². The number of hydrogen-bond donors (Lipinski definition) is 0. The Balaban J connectivity index is 2.01. The van der Waals surface area contributed by atoms with Crippen molar-refractivity contribution in [2.45, 2.75) is 28.4 Å². The lowest BCUT2D eigenvalue weighted by atomic mass is 10.5. The van der Waals surface area contributed by atoms with Gasteiger partial charge in [0.25, 0.3) is 0 Å². The predicted molar refractivity (Wildman–Crippen MR) is 68.5 cm³/mol. The second-order valence-electron chi connectivity index (χ2n) is 3.27. The van der Waals surface area contributed by atoms with E-state index in [1.165, 1.54) is 8.42 Å². The largest absolute Gasteiger partial charge is 0.481 e. The lowest BCUT2D eigenvalue weighted by Gasteiger charge is -2.05. The molecule has 0 bridgehead atoms. The van der Waals surface area contributed by atoms with Crippen LogP contribution in [0, 0.1) is 0 Å². The third-order valence-electron chi connectivity index (χ3n) is 1.60. The highest BCUT2D eigenvalue weighted by atomic mass is 32.2. The van der Waals surface area contributed by atoms with Gasteiger partial charge >= 0.3 is 0 Å². The molecule has 15 heavy (non-hydrogen) atoms.